The SMILES string of the molecule is Cc1cc(C(=O)NCC[N+]23CCC(CC2)[C@@H](OC(=O)C(O)(c2ccccc2)c2ccccc2)C3)nn1C. The van der Waals surface area contributed by atoms with Gasteiger partial charge in [0, 0.05) is 31.5 Å². The molecule has 1 atom stereocenters. The lowest BCUT2D eigenvalue weighted by Gasteiger charge is -2.52. The van der Waals surface area contributed by atoms with Crippen molar-refractivity contribution in [2.75, 3.05) is 32.7 Å². The van der Waals surface area contributed by atoms with E-state index in [1.54, 1.807) is 35.0 Å². The fourth-order valence-electron chi connectivity index (χ4n) is 5.82. The van der Waals surface area contributed by atoms with Gasteiger partial charge in [0.25, 0.3) is 5.91 Å². The molecule has 8 nitrogen and oxygen atoms in total. The summed E-state index contributed by atoms with van der Waals surface area (Å²) in [5, 5.41) is 19.0. The molecule has 0 aliphatic carbocycles. The molecule has 2 aromatic carbocycles. The molecule has 0 radical (unpaired) electrons. The molecule has 194 valence electrons. The molecule has 3 aliphatic rings. The Kier molecular flexibility index (Phi) is 6.88. The molecule has 8 heteroatoms. The average molecular weight is 504 g/mol. The van der Waals surface area contributed by atoms with Crippen LogP contribution < -0.4 is 5.32 Å². The van der Waals surface area contributed by atoms with Crippen molar-refractivity contribution in [3.8, 4) is 0 Å². The molecule has 1 amide bonds. The molecule has 2 N–H and O–H groups in total. The van der Waals surface area contributed by atoms with Crippen LogP contribution in [-0.4, -0.2) is 70.1 Å². The molecule has 6 rings (SSSR count). The summed E-state index contributed by atoms with van der Waals surface area (Å²) in [7, 11) is 1.82. The van der Waals surface area contributed by atoms with E-state index in [0.29, 0.717) is 29.9 Å². The number of ether oxygens (including phenoxy) is 1. The zero-order valence-electron chi connectivity index (χ0n) is 21.5. The van der Waals surface area contributed by atoms with Crippen molar-refractivity contribution < 1.29 is 23.9 Å². The molecular formula is C29H35N4O4+. The lowest BCUT2D eigenvalue weighted by molar-refractivity contribution is -0.945. The number of rotatable bonds is 8. The minimum atomic E-state index is -1.88. The third-order valence-corrected chi connectivity index (χ3v) is 8.20. The third kappa shape index (κ3) is 4.91. The number of nitrogens with one attached hydrogen (secondary N) is 1. The predicted octanol–water partition coefficient (Wildman–Crippen LogP) is 2.55. The summed E-state index contributed by atoms with van der Waals surface area (Å²) in [6.07, 6.45) is 1.64. The van der Waals surface area contributed by atoms with Gasteiger partial charge in [0.1, 0.15) is 12.2 Å². The van der Waals surface area contributed by atoms with Crippen molar-refractivity contribution in [1.82, 2.24) is 15.1 Å². The second kappa shape index (κ2) is 10.1. The van der Waals surface area contributed by atoms with Crippen molar-refractivity contribution in [2.24, 2.45) is 13.0 Å². The van der Waals surface area contributed by atoms with Crippen molar-refractivity contribution in [1.29, 1.82) is 0 Å². The number of nitrogens with zero attached hydrogens (tertiary/aromatic N) is 3. The van der Waals surface area contributed by atoms with Crippen LogP contribution in [0.5, 0.6) is 0 Å². The Hall–Kier alpha value is -3.49. The molecule has 2 bridgehead atoms. The van der Waals surface area contributed by atoms with Gasteiger partial charge in [0.2, 0.25) is 5.60 Å². The maximum absolute atomic E-state index is 13.7. The second-order valence-corrected chi connectivity index (χ2v) is 10.5. The highest BCUT2D eigenvalue weighted by molar-refractivity contribution is 5.92. The summed E-state index contributed by atoms with van der Waals surface area (Å²) in [4.78, 5) is 26.2. The maximum atomic E-state index is 13.7. The Labute approximate surface area is 217 Å². The van der Waals surface area contributed by atoms with E-state index in [4.69, 9.17) is 4.74 Å². The van der Waals surface area contributed by atoms with Gasteiger partial charge in [-0.1, -0.05) is 60.7 Å². The lowest BCUT2D eigenvalue weighted by atomic mass is 9.82. The summed E-state index contributed by atoms with van der Waals surface area (Å²) >= 11 is 0. The fraction of sp³-hybridized carbons (Fsp3) is 0.414. The molecule has 1 aromatic heterocycles. The van der Waals surface area contributed by atoms with E-state index in [0.717, 1.165) is 42.7 Å². The summed E-state index contributed by atoms with van der Waals surface area (Å²) in [5.41, 5.74) is 0.451. The number of fused-ring (bicyclic) bond motifs is 3. The van der Waals surface area contributed by atoms with Crippen LogP contribution in [0.4, 0.5) is 0 Å². The number of quaternary nitrogens is 1. The van der Waals surface area contributed by atoms with Crippen molar-refractivity contribution in [2.45, 2.75) is 31.5 Å². The number of hydrogen-bond donors (Lipinski definition) is 2. The number of aryl methyl sites for hydroxylation is 2. The summed E-state index contributed by atoms with van der Waals surface area (Å²) in [6.45, 7) is 5.89. The minimum Gasteiger partial charge on any atom is -0.453 e. The number of piperidine rings is 3. The van der Waals surface area contributed by atoms with Crippen LogP contribution in [0.25, 0.3) is 0 Å². The summed E-state index contributed by atoms with van der Waals surface area (Å²) in [6, 6.07) is 19.8. The van der Waals surface area contributed by atoms with E-state index in [1.807, 2.05) is 50.4 Å². The Bertz CT molecular complexity index is 1190. The van der Waals surface area contributed by atoms with Crippen LogP contribution in [-0.2, 0) is 22.2 Å². The molecule has 4 heterocycles. The average Bonchev–Trinajstić information content (AvgIpc) is 3.27. The minimum absolute atomic E-state index is 0.174. The first-order chi connectivity index (χ1) is 17.8. The zero-order valence-corrected chi connectivity index (χ0v) is 21.5. The van der Waals surface area contributed by atoms with Gasteiger partial charge in [-0.3, -0.25) is 9.48 Å². The standard InChI is InChI=1S/C29H34N4O4/c1-21-19-25(31-32(21)2)27(34)30-15-18-33-16-13-22(14-17-33)26(20-33)37-28(35)29(36,23-9-5-3-6-10-23)24-11-7-4-8-12-24/h3-12,19,22,26,36H,13-18,20H2,1-2H3/p+1/t22?,26-,33?/m0/s1. The van der Waals surface area contributed by atoms with Gasteiger partial charge >= 0.3 is 5.97 Å². The van der Waals surface area contributed by atoms with E-state index in [-0.39, 0.29) is 17.9 Å². The second-order valence-electron chi connectivity index (χ2n) is 10.5. The van der Waals surface area contributed by atoms with Crippen LogP contribution >= 0.6 is 0 Å². The monoisotopic (exact) mass is 503 g/mol. The van der Waals surface area contributed by atoms with Crippen LogP contribution in [0.3, 0.4) is 0 Å². The third-order valence-electron chi connectivity index (χ3n) is 8.20. The first-order valence-corrected chi connectivity index (χ1v) is 13.0. The number of carbonyl (C=O) groups excluding carboxylic acids is 2. The molecule has 37 heavy (non-hydrogen) atoms. The Morgan fingerprint density at radius 1 is 1.08 bits per heavy atom. The highest BCUT2D eigenvalue weighted by atomic mass is 16.6. The van der Waals surface area contributed by atoms with E-state index in [1.165, 1.54) is 0 Å². The predicted molar refractivity (Wildman–Crippen MR) is 138 cm³/mol. The van der Waals surface area contributed by atoms with Crippen LogP contribution in [0.2, 0.25) is 0 Å². The van der Waals surface area contributed by atoms with Gasteiger partial charge in [-0.15, -0.1) is 0 Å². The molecule has 0 saturated carbocycles. The maximum Gasteiger partial charge on any atom is 0.348 e. The molecular weight excluding hydrogens is 468 g/mol. The highest BCUT2D eigenvalue weighted by Gasteiger charge is 2.50. The first-order valence-electron chi connectivity index (χ1n) is 13.0. The molecule has 3 saturated heterocycles. The van der Waals surface area contributed by atoms with Crippen LogP contribution in [0, 0.1) is 12.8 Å². The molecule has 0 spiro atoms. The number of aromatic nitrogens is 2. The van der Waals surface area contributed by atoms with Gasteiger partial charge < -0.3 is 19.6 Å². The Balaban J connectivity index is 1.27. The number of hydrogen-bond acceptors (Lipinski definition) is 5. The van der Waals surface area contributed by atoms with E-state index < -0.39 is 11.6 Å². The van der Waals surface area contributed by atoms with E-state index in [2.05, 4.69) is 10.4 Å². The first kappa shape index (κ1) is 25.2. The van der Waals surface area contributed by atoms with Crippen molar-refractivity contribution in [3.63, 3.8) is 0 Å². The Morgan fingerprint density at radius 2 is 1.68 bits per heavy atom. The fourth-order valence-corrected chi connectivity index (χ4v) is 5.82. The van der Waals surface area contributed by atoms with Gasteiger partial charge in [-0.25, -0.2) is 4.79 Å². The summed E-state index contributed by atoms with van der Waals surface area (Å²) < 4.78 is 8.62. The van der Waals surface area contributed by atoms with Crippen molar-refractivity contribution >= 4 is 11.9 Å². The number of amides is 1. The van der Waals surface area contributed by atoms with Gasteiger partial charge in [0.15, 0.2) is 6.10 Å². The number of aliphatic hydroxyl groups is 1. The topological polar surface area (TPSA) is 93.4 Å². The smallest absolute Gasteiger partial charge is 0.348 e. The number of carbonyl (C=O) groups is 2. The van der Waals surface area contributed by atoms with Gasteiger partial charge in [-0.05, 0) is 24.1 Å². The highest BCUT2D eigenvalue weighted by Crippen LogP contribution is 2.38. The normalized spacial score (nSPS) is 23.0. The number of esters is 1. The zero-order chi connectivity index (χ0) is 26.0. The largest absolute Gasteiger partial charge is 0.453 e. The van der Waals surface area contributed by atoms with Crippen LogP contribution in [0.1, 0.15) is 40.2 Å². The summed E-state index contributed by atoms with van der Waals surface area (Å²) in [5.74, 6) is -0.529. The lowest BCUT2D eigenvalue weighted by Crippen LogP contribution is -2.66. The molecule has 3 aromatic rings. The quantitative estimate of drug-likeness (QED) is 0.364. The van der Waals surface area contributed by atoms with Gasteiger partial charge in [-0.2, -0.15) is 5.10 Å². The molecule has 3 aliphatic heterocycles. The van der Waals surface area contributed by atoms with Crippen molar-refractivity contribution in [3.05, 3.63) is 89.2 Å². The molecule has 0 unspecified atom stereocenters. The Morgan fingerprint density at radius 3 is 2.22 bits per heavy atom. The van der Waals surface area contributed by atoms with Gasteiger partial charge in [0.05, 0.1) is 26.2 Å². The molecule has 3 fully saturated rings. The number of benzene rings is 2. The van der Waals surface area contributed by atoms with E-state index >= 15 is 0 Å². The van der Waals surface area contributed by atoms with Crippen LogP contribution in [0.15, 0.2) is 66.7 Å². The van der Waals surface area contributed by atoms with E-state index in [9.17, 15) is 14.7 Å².